The Labute approximate surface area is 164 Å². The maximum atomic E-state index is 12.7. The number of rotatable bonds is 4. The zero-order chi connectivity index (χ0) is 19.2. The highest BCUT2D eigenvalue weighted by molar-refractivity contribution is 6.62. The van der Waals surface area contributed by atoms with Crippen LogP contribution in [-0.4, -0.2) is 36.0 Å². The van der Waals surface area contributed by atoms with Gasteiger partial charge in [0.2, 0.25) is 0 Å². The average Bonchev–Trinajstić information content (AvgIpc) is 3.22. The molecule has 140 valence electrons. The third-order valence-corrected chi connectivity index (χ3v) is 5.65. The number of nitrogens with zero attached hydrogens (tertiary/aromatic N) is 2. The van der Waals surface area contributed by atoms with Crippen molar-refractivity contribution in [3.63, 3.8) is 0 Å². The normalized spacial score (nSPS) is 18.1. The van der Waals surface area contributed by atoms with Crippen molar-refractivity contribution >= 4 is 35.8 Å². The van der Waals surface area contributed by atoms with Gasteiger partial charge in [0.05, 0.1) is 11.2 Å². The summed E-state index contributed by atoms with van der Waals surface area (Å²) in [6.07, 6.45) is 2.51. The van der Waals surface area contributed by atoms with E-state index in [0.29, 0.717) is 5.56 Å². The number of fused-ring (bicyclic) bond motifs is 1. The molecule has 4 rings (SSSR count). The fraction of sp³-hybridized carbons (Fsp3) is 0.400. The number of halogens is 1. The van der Waals surface area contributed by atoms with Crippen molar-refractivity contribution < 1.29 is 14.5 Å². The molecule has 0 amide bonds. The van der Waals surface area contributed by atoms with Gasteiger partial charge in [0, 0.05) is 19.5 Å². The Bertz CT molecular complexity index is 897. The number of hydrogen-bond acceptors (Lipinski definition) is 5. The lowest BCUT2D eigenvalue weighted by Crippen LogP contribution is -2.29. The lowest BCUT2D eigenvalue weighted by molar-refractivity contribution is 0.0991. The van der Waals surface area contributed by atoms with Crippen LogP contribution in [0.25, 0.3) is 0 Å². The van der Waals surface area contributed by atoms with Gasteiger partial charge in [0.15, 0.2) is 5.78 Å². The highest BCUT2D eigenvalue weighted by Gasteiger charge is 2.40. The third kappa shape index (κ3) is 3.49. The first-order valence-corrected chi connectivity index (χ1v) is 9.67. The molecule has 0 bridgehead atoms. The molecule has 1 aromatic heterocycles. The molecule has 0 aliphatic carbocycles. The van der Waals surface area contributed by atoms with E-state index in [1.807, 2.05) is 38.1 Å². The van der Waals surface area contributed by atoms with E-state index in [-0.39, 0.29) is 17.4 Å². The maximum absolute atomic E-state index is 12.7. The number of carbonyl (C=O) groups is 1. The summed E-state index contributed by atoms with van der Waals surface area (Å²) in [6.45, 7) is 5.79. The summed E-state index contributed by atoms with van der Waals surface area (Å²) in [5.74, 6) is 0.738. The predicted octanol–water partition coefficient (Wildman–Crippen LogP) is 2.71. The largest absolute Gasteiger partial charge is 0.492 e. The van der Waals surface area contributed by atoms with Crippen LogP contribution in [0.5, 0.6) is 0 Å². The summed E-state index contributed by atoms with van der Waals surface area (Å²) in [5.41, 5.74) is 2.38. The minimum atomic E-state index is -0.963. The Morgan fingerprint density at radius 3 is 2.74 bits per heavy atom. The second-order valence-corrected chi connectivity index (χ2v) is 8.06. The summed E-state index contributed by atoms with van der Waals surface area (Å²) in [4.78, 5) is 19.3. The molecule has 0 atom stereocenters. The molecule has 1 N–H and O–H groups in total. The number of ketones is 1. The number of hydrogen-bond donors (Lipinski definition) is 1. The van der Waals surface area contributed by atoms with Gasteiger partial charge in [0.1, 0.15) is 11.0 Å². The Morgan fingerprint density at radius 1 is 1.30 bits per heavy atom. The quantitative estimate of drug-likeness (QED) is 0.499. The average molecular weight is 385 g/mol. The van der Waals surface area contributed by atoms with Gasteiger partial charge in [-0.1, -0.05) is 29.8 Å². The second kappa shape index (κ2) is 6.93. The third-order valence-electron chi connectivity index (χ3n) is 5.37. The van der Waals surface area contributed by atoms with E-state index in [9.17, 15) is 9.82 Å². The van der Waals surface area contributed by atoms with Crippen LogP contribution in [0.3, 0.4) is 0 Å². The predicted molar refractivity (Wildman–Crippen MR) is 107 cm³/mol. The van der Waals surface area contributed by atoms with Crippen LogP contribution in [0.15, 0.2) is 30.3 Å². The fourth-order valence-electron chi connectivity index (χ4n) is 3.92. The smallest absolute Gasteiger partial charge is 0.423 e. The van der Waals surface area contributed by atoms with Crippen LogP contribution in [0, 0.1) is 0 Å². The van der Waals surface area contributed by atoms with Crippen molar-refractivity contribution in [2.75, 3.05) is 18.0 Å². The summed E-state index contributed by atoms with van der Waals surface area (Å²) in [6, 6.07) is 9.30. The van der Waals surface area contributed by atoms with Crippen molar-refractivity contribution in [2.45, 2.75) is 38.7 Å². The number of Topliss-reactive ketones (excluding diaryl/α,β-unsaturated/α-hetero) is 1. The summed E-state index contributed by atoms with van der Waals surface area (Å²) >= 11 is 6.30. The molecular formula is C20H22BClN2O3. The molecular weight excluding hydrogens is 362 g/mol. The van der Waals surface area contributed by atoms with E-state index in [0.717, 1.165) is 48.3 Å². The van der Waals surface area contributed by atoms with Crippen molar-refractivity contribution in [3.05, 3.63) is 52.2 Å². The lowest BCUT2D eigenvalue weighted by atomic mass is 9.77. The number of pyridine rings is 1. The van der Waals surface area contributed by atoms with Gasteiger partial charge in [-0.2, -0.15) is 0 Å². The second-order valence-electron chi connectivity index (χ2n) is 7.70. The lowest BCUT2D eigenvalue weighted by Gasteiger charge is -2.19. The molecule has 2 aromatic rings. The number of aromatic nitrogens is 1. The first kappa shape index (κ1) is 18.5. The molecule has 0 saturated carbocycles. The van der Waals surface area contributed by atoms with E-state index in [1.165, 1.54) is 0 Å². The first-order valence-electron chi connectivity index (χ1n) is 9.29. The highest BCUT2D eigenvalue weighted by Crippen LogP contribution is 2.30. The van der Waals surface area contributed by atoms with Crippen LogP contribution in [0.1, 0.15) is 48.2 Å². The topological polar surface area (TPSA) is 62.7 Å². The summed E-state index contributed by atoms with van der Waals surface area (Å²) in [7, 11) is -0.963. The summed E-state index contributed by atoms with van der Waals surface area (Å²) in [5, 5.41) is 10.4. The molecule has 0 unspecified atom stereocenters. The van der Waals surface area contributed by atoms with E-state index in [2.05, 4.69) is 9.88 Å². The molecule has 3 heterocycles. The van der Waals surface area contributed by atoms with Crippen LogP contribution in [-0.2, 0) is 16.7 Å². The van der Waals surface area contributed by atoms with Crippen molar-refractivity contribution in [1.29, 1.82) is 0 Å². The van der Waals surface area contributed by atoms with Crippen LogP contribution < -0.4 is 10.4 Å². The van der Waals surface area contributed by atoms with Crippen LogP contribution in [0.2, 0.25) is 5.15 Å². The minimum absolute atomic E-state index is 0.0897. The Kier molecular flexibility index (Phi) is 4.74. The van der Waals surface area contributed by atoms with E-state index in [1.54, 1.807) is 6.07 Å². The zero-order valence-electron chi connectivity index (χ0n) is 15.5. The molecule has 0 spiro atoms. The molecule has 1 aromatic carbocycles. The van der Waals surface area contributed by atoms with Crippen molar-refractivity contribution in [3.8, 4) is 0 Å². The molecule has 1 saturated heterocycles. The molecule has 2 aliphatic rings. The van der Waals surface area contributed by atoms with Gasteiger partial charge >= 0.3 is 7.12 Å². The Morgan fingerprint density at radius 2 is 2.04 bits per heavy atom. The van der Waals surface area contributed by atoms with E-state index >= 15 is 0 Å². The zero-order valence-corrected chi connectivity index (χ0v) is 16.3. The maximum Gasteiger partial charge on any atom is 0.492 e. The highest BCUT2D eigenvalue weighted by atomic mass is 35.5. The van der Waals surface area contributed by atoms with Crippen LogP contribution in [0.4, 0.5) is 5.82 Å². The monoisotopic (exact) mass is 384 g/mol. The minimum Gasteiger partial charge on any atom is -0.423 e. The fourth-order valence-corrected chi connectivity index (χ4v) is 4.17. The van der Waals surface area contributed by atoms with Gasteiger partial charge < -0.3 is 14.6 Å². The van der Waals surface area contributed by atoms with Crippen molar-refractivity contribution in [1.82, 2.24) is 4.98 Å². The first-order chi connectivity index (χ1) is 12.8. The molecule has 27 heavy (non-hydrogen) atoms. The van der Waals surface area contributed by atoms with Crippen LogP contribution >= 0.6 is 11.6 Å². The van der Waals surface area contributed by atoms with Crippen molar-refractivity contribution in [2.24, 2.45) is 0 Å². The molecule has 5 nitrogen and oxygen atoms in total. The Hall–Kier alpha value is -1.89. The number of carbonyl (C=O) groups excluding carboxylic acids is 1. The van der Waals surface area contributed by atoms with E-state index < -0.39 is 12.7 Å². The van der Waals surface area contributed by atoms with Gasteiger partial charge in [-0.25, -0.2) is 4.98 Å². The SMILES string of the molecule is CC1(C)OB(O)c2cc(CC(=O)c3ccc(N4CCCC4)nc3Cl)ccc21. The standard InChI is InChI=1S/C20H22BClN2O3/c1-20(2)15-7-5-13(11-16(15)21(26)27-20)12-17(25)14-6-8-18(23-19(14)22)24-9-3-4-10-24/h5-8,11,26H,3-4,9-10,12H2,1-2H3. The van der Waals surface area contributed by atoms with Gasteiger partial charge in [-0.3, -0.25) is 4.79 Å². The summed E-state index contributed by atoms with van der Waals surface area (Å²) < 4.78 is 5.58. The van der Waals surface area contributed by atoms with Gasteiger partial charge in [-0.05, 0) is 55.4 Å². The van der Waals surface area contributed by atoms with Gasteiger partial charge in [0.25, 0.3) is 0 Å². The number of anilines is 1. The molecule has 0 radical (unpaired) electrons. The van der Waals surface area contributed by atoms with E-state index in [4.69, 9.17) is 16.3 Å². The molecule has 7 heteroatoms. The number of benzene rings is 1. The molecule has 1 fully saturated rings. The van der Waals surface area contributed by atoms with Gasteiger partial charge in [-0.15, -0.1) is 0 Å². The Balaban J connectivity index is 1.54. The molecule has 2 aliphatic heterocycles.